The number of carboxylic acid groups (broad SMARTS) is 1. The Morgan fingerprint density at radius 2 is 2.21 bits per heavy atom. The number of hydrogen-bond donors (Lipinski definition) is 1. The van der Waals surface area contributed by atoms with E-state index in [1.807, 2.05) is 0 Å². The number of hydrogen-bond acceptors (Lipinski definition) is 3. The molecular weight excluding hydrogens is 335 g/mol. The standard InChI is InChI=1S/C13H10BrClO4/c1-7-4-9(19-12(7)13(16)17)6-18-11-3-2-8(15)5-10(11)14/h2-5H,6H2,1H3,(H,16,17). The van der Waals surface area contributed by atoms with Gasteiger partial charge in [-0.25, -0.2) is 4.79 Å². The quantitative estimate of drug-likeness (QED) is 0.898. The van der Waals surface area contributed by atoms with E-state index >= 15 is 0 Å². The first-order valence-electron chi connectivity index (χ1n) is 5.38. The number of ether oxygens (including phenoxy) is 1. The highest BCUT2D eigenvalue weighted by Gasteiger charge is 2.14. The summed E-state index contributed by atoms with van der Waals surface area (Å²) in [5.74, 6) is -0.0859. The van der Waals surface area contributed by atoms with Gasteiger partial charge in [0.25, 0.3) is 0 Å². The molecule has 0 unspecified atom stereocenters. The smallest absolute Gasteiger partial charge is 0.372 e. The fourth-order valence-corrected chi connectivity index (χ4v) is 2.37. The summed E-state index contributed by atoms with van der Waals surface area (Å²) in [5.41, 5.74) is 0.571. The van der Waals surface area contributed by atoms with E-state index in [9.17, 15) is 4.79 Å². The van der Waals surface area contributed by atoms with Gasteiger partial charge in [0.2, 0.25) is 5.76 Å². The second-order valence-corrected chi connectivity index (χ2v) is 5.18. The molecule has 0 atom stereocenters. The van der Waals surface area contributed by atoms with Crippen LogP contribution in [-0.2, 0) is 6.61 Å². The van der Waals surface area contributed by atoms with Crippen LogP contribution in [0.5, 0.6) is 5.75 Å². The third kappa shape index (κ3) is 3.30. The van der Waals surface area contributed by atoms with E-state index in [1.165, 1.54) is 0 Å². The molecule has 0 aliphatic heterocycles. The van der Waals surface area contributed by atoms with Crippen LogP contribution in [0.2, 0.25) is 5.02 Å². The normalized spacial score (nSPS) is 10.5. The number of benzene rings is 1. The molecule has 0 radical (unpaired) electrons. The molecule has 0 spiro atoms. The van der Waals surface area contributed by atoms with Crippen LogP contribution in [0.3, 0.4) is 0 Å². The van der Waals surface area contributed by atoms with Crippen LogP contribution in [0.15, 0.2) is 33.2 Å². The first kappa shape index (κ1) is 14.0. The van der Waals surface area contributed by atoms with Gasteiger partial charge in [-0.3, -0.25) is 0 Å². The van der Waals surface area contributed by atoms with Gasteiger partial charge in [0.15, 0.2) is 0 Å². The van der Waals surface area contributed by atoms with Crippen molar-refractivity contribution in [2.75, 3.05) is 0 Å². The maximum absolute atomic E-state index is 10.8. The Bertz CT molecular complexity index is 621. The van der Waals surface area contributed by atoms with E-state index in [0.717, 1.165) is 4.47 Å². The monoisotopic (exact) mass is 344 g/mol. The van der Waals surface area contributed by atoms with Crippen LogP contribution < -0.4 is 4.74 Å². The van der Waals surface area contributed by atoms with E-state index in [2.05, 4.69) is 15.9 Å². The summed E-state index contributed by atoms with van der Waals surface area (Å²) in [4.78, 5) is 10.8. The Morgan fingerprint density at radius 3 is 2.79 bits per heavy atom. The van der Waals surface area contributed by atoms with Gasteiger partial charge in [0, 0.05) is 10.6 Å². The van der Waals surface area contributed by atoms with Crippen molar-refractivity contribution in [3.8, 4) is 5.75 Å². The summed E-state index contributed by atoms with van der Waals surface area (Å²) in [5, 5.41) is 9.48. The molecule has 19 heavy (non-hydrogen) atoms. The highest BCUT2D eigenvalue weighted by molar-refractivity contribution is 9.10. The van der Waals surface area contributed by atoms with Crippen LogP contribution in [0.4, 0.5) is 0 Å². The molecule has 1 heterocycles. The van der Waals surface area contributed by atoms with Crippen molar-refractivity contribution in [3.05, 3.63) is 50.8 Å². The second-order valence-electron chi connectivity index (χ2n) is 3.89. The zero-order valence-electron chi connectivity index (χ0n) is 9.94. The molecule has 1 N–H and O–H groups in total. The molecule has 2 rings (SSSR count). The topological polar surface area (TPSA) is 59.7 Å². The summed E-state index contributed by atoms with van der Waals surface area (Å²) in [6.07, 6.45) is 0. The summed E-state index contributed by atoms with van der Waals surface area (Å²) in [7, 11) is 0. The summed E-state index contributed by atoms with van der Waals surface area (Å²) >= 11 is 9.15. The van der Waals surface area contributed by atoms with Crippen LogP contribution in [0, 0.1) is 6.92 Å². The zero-order chi connectivity index (χ0) is 14.0. The highest BCUT2D eigenvalue weighted by atomic mass is 79.9. The molecule has 6 heteroatoms. The molecular formula is C13H10BrClO4. The van der Waals surface area contributed by atoms with Gasteiger partial charge in [-0.15, -0.1) is 0 Å². The lowest BCUT2D eigenvalue weighted by Crippen LogP contribution is -1.96. The van der Waals surface area contributed by atoms with Gasteiger partial charge in [-0.2, -0.15) is 0 Å². The Balaban J connectivity index is 2.10. The SMILES string of the molecule is Cc1cc(COc2ccc(Cl)cc2Br)oc1C(=O)O. The average molecular weight is 346 g/mol. The van der Waals surface area contributed by atoms with Crippen LogP contribution in [0.25, 0.3) is 0 Å². The largest absolute Gasteiger partial charge is 0.484 e. The molecule has 1 aromatic carbocycles. The van der Waals surface area contributed by atoms with Crippen molar-refractivity contribution in [2.24, 2.45) is 0 Å². The van der Waals surface area contributed by atoms with Crippen molar-refractivity contribution < 1.29 is 19.1 Å². The average Bonchev–Trinajstić information content (AvgIpc) is 2.69. The van der Waals surface area contributed by atoms with Gasteiger partial charge in [-0.05, 0) is 47.1 Å². The number of carbonyl (C=O) groups is 1. The maximum atomic E-state index is 10.8. The number of aryl methyl sites for hydroxylation is 1. The molecule has 0 saturated heterocycles. The molecule has 0 amide bonds. The molecule has 0 aliphatic carbocycles. The summed E-state index contributed by atoms with van der Waals surface area (Å²) < 4.78 is 11.5. The van der Waals surface area contributed by atoms with E-state index < -0.39 is 5.97 Å². The molecule has 100 valence electrons. The Kier molecular flexibility index (Phi) is 4.17. The number of halogens is 2. The number of carboxylic acids is 1. The van der Waals surface area contributed by atoms with Gasteiger partial charge in [0.05, 0.1) is 4.47 Å². The molecule has 0 saturated carbocycles. The van der Waals surface area contributed by atoms with Gasteiger partial charge in [0.1, 0.15) is 18.1 Å². The van der Waals surface area contributed by atoms with Crippen molar-refractivity contribution in [1.29, 1.82) is 0 Å². The minimum absolute atomic E-state index is 0.0613. The van der Waals surface area contributed by atoms with Gasteiger partial charge < -0.3 is 14.3 Å². The van der Waals surface area contributed by atoms with E-state index in [4.69, 9.17) is 25.9 Å². The number of rotatable bonds is 4. The first-order chi connectivity index (χ1) is 8.97. The molecule has 1 aromatic heterocycles. The van der Waals surface area contributed by atoms with Crippen molar-refractivity contribution >= 4 is 33.5 Å². The fourth-order valence-electron chi connectivity index (χ4n) is 1.57. The zero-order valence-corrected chi connectivity index (χ0v) is 12.3. The van der Waals surface area contributed by atoms with E-state index in [1.54, 1.807) is 31.2 Å². The molecule has 0 bridgehead atoms. The van der Waals surface area contributed by atoms with E-state index in [-0.39, 0.29) is 12.4 Å². The van der Waals surface area contributed by atoms with Crippen molar-refractivity contribution in [1.82, 2.24) is 0 Å². The fraction of sp³-hybridized carbons (Fsp3) is 0.154. The molecule has 4 nitrogen and oxygen atoms in total. The second kappa shape index (κ2) is 5.67. The van der Waals surface area contributed by atoms with Crippen molar-refractivity contribution in [3.63, 3.8) is 0 Å². The lowest BCUT2D eigenvalue weighted by molar-refractivity contribution is 0.0657. The number of furan rings is 1. The first-order valence-corrected chi connectivity index (χ1v) is 6.55. The lowest BCUT2D eigenvalue weighted by Gasteiger charge is -2.06. The van der Waals surface area contributed by atoms with E-state index in [0.29, 0.717) is 22.1 Å². The third-order valence-electron chi connectivity index (χ3n) is 2.43. The summed E-state index contributed by atoms with van der Waals surface area (Å²) in [6.45, 7) is 1.82. The van der Waals surface area contributed by atoms with Gasteiger partial charge >= 0.3 is 5.97 Å². The minimum atomic E-state index is -1.09. The lowest BCUT2D eigenvalue weighted by atomic mass is 10.3. The molecule has 0 fully saturated rings. The van der Waals surface area contributed by atoms with Crippen LogP contribution in [0.1, 0.15) is 21.9 Å². The highest BCUT2D eigenvalue weighted by Crippen LogP contribution is 2.29. The molecule has 2 aromatic rings. The maximum Gasteiger partial charge on any atom is 0.372 e. The van der Waals surface area contributed by atoms with Crippen LogP contribution in [-0.4, -0.2) is 11.1 Å². The number of aromatic carboxylic acids is 1. The van der Waals surface area contributed by atoms with Gasteiger partial charge in [-0.1, -0.05) is 11.6 Å². The minimum Gasteiger partial charge on any atom is -0.484 e. The predicted octanol–water partition coefficient (Wildman–Crippen LogP) is 4.28. The predicted molar refractivity (Wildman–Crippen MR) is 73.9 cm³/mol. The Morgan fingerprint density at radius 1 is 1.47 bits per heavy atom. The molecule has 0 aliphatic rings. The van der Waals surface area contributed by atoms with Crippen LogP contribution >= 0.6 is 27.5 Å². The Hall–Kier alpha value is -1.46. The Labute approximate surface area is 123 Å². The summed E-state index contributed by atoms with van der Waals surface area (Å²) in [6, 6.07) is 6.79. The van der Waals surface area contributed by atoms with Crippen molar-refractivity contribution in [2.45, 2.75) is 13.5 Å². The third-order valence-corrected chi connectivity index (χ3v) is 3.28.